The average Bonchev–Trinajstić information content (AvgIpc) is 3.78. The van der Waals surface area contributed by atoms with Crippen LogP contribution in [0.4, 0.5) is 5.82 Å². The van der Waals surface area contributed by atoms with Crippen molar-refractivity contribution in [1.82, 2.24) is 25.2 Å². The van der Waals surface area contributed by atoms with Gasteiger partial charge in [-0.3, -0.25) is 14.3 Å². The van der Waals surface area contributed by atoms with E-state index in [2.05, 4.69) is 20.5 Å². The molecular weight excluding hydrogens is 576 g/mol. The SMILES string of the molecule is COC(OC)C1CCN(c2cc(C(C(=O)N3C[C@H](O)C[C@H]3C(=O)NC(C)c3ccc(-c4ccnn4C)cc3)C(C)C)on2)CC1. The summed E-state index contributed by atoms with van der Waals surface area (Å²) in [5, 5.41) is 22.2. The fourth-order valence-corrected chi connectivity index (χ4v) is 6.67. The van der Waals surface area contributed by atoms with Gasteiger partial charge >= 0.3 is 0 Å². The van der Waals surface area contributed by atoms with Crippen LogP contribution in [0, 0.1) is 11.8 Å². The number of aryl methyl sites for hydroxylation is 1. The Hall–Kier alpha value is -3.74. The molecule has 2 unspecified atom stereocenters. The highest BCUT2D eigenvalue weighted by Crippen LogP contribution is 2.34. The predicted molar refractivity (Wildman–Crippen MR) is 168 cm³/mol. The summed E-state index contributed by atoms with van der Waals surface area (Å²) in [7, 11) is 5.21. The zero-order valence-electron chi connectivity index (χ0n) is 27.1. The highest BCUT2D eigenvalue weighted by molar-refractivity contribution is 5.91. The number of amides is 2. The minimum atomic E-state index is -0.791. The van der Waals surface area contributed by atoms with Crippen molar-refractivity contribution in [3.05, 3.63) is 53.9 Å². The lowest BCUT2D eigenvalue weighted by Gasteiger charge is -2.34. The van der Waals surface area contributed by atoms with E-state index in [9.17, 15) is 14.7 Å². The number of hydrogen-bond donors (Lipinski definition) is 2. The summed E-state index contributed by atoms with van der Waals surface area (Å²) >= 11 is 0. The summed E-state index contributed by atoms with van der Waals surface area (Å²) in [6.45, 7) is 7.43. The Kier molecular flexibility index (Phi) is 10.3. The molecule has 5 rings (SSSR count). The van der Waals surface area contributed by atoms with E-state index in [-0.39, 0.29) is 43.0 Å². The topological polar surface area (TPSA) is 135 Å². The summed E-state index contributed by atoms with van der Waals surface area (Å²) in [5.74, 6) is 0.135. The molecule has 2 aromatic heterocycles. The van der Waals surface area contributed by atoms with E-state index in [1.165, 1.54) is 4.90 Å². The number of β-amino-alcohol motifs (C(OH)–C–C–N with tert-alkyl or cyclic N) is 1. The van der Waals surface area contributed by atoms with Gasteiger partial charge < -0.3 is 34.2 Å². The number of likely N-dealkylation sites (tertiary alicyclic amines) is 1. The van der Waals surface area contributed by atoms with E-state index in [0.29, 0.717) is 17.5 Å². The summed E-state index contributed by atoms with van der Waals surface area (Å²) in [4.78, 5) is 31.3. The smallest absolute Gasteiger partial charge is 0.243 e. The van der Waals surface area contributed by atoms with Gasteiger partial charge in [0.15, 0.2) is 17.9 Å². The molecular formula is C33H46N6O6. The molecule has 2 amide bonds. The molecule has 0 radical (unpaired) electrons. The zero-order chi connectivity index (χ0) is 32.2. The second kappa shape index (κ2) is 14.1. The number of anilines is 1. The molecule has 2 N–H and O–H groups in total. The molecule has 0 bridgehead atoms. The molecule has 2 aliphatic heterocycles. The molecule has 45 heavy (non-hydrogen) atoms. The summed E-state index contributed by atoms with van der Waals surface area (Å²) in [6, 6.07) is 10.7. The minimum Gasteiger partial charge on any atom is -0.391 e. The maximum atomic E-state index is 14.0. The molecule has 0 aliphatic carbocycles. The van der Waals surface area contributed by atoms with Gasteiger partial charge in [-0.1, -0.05) is 43.3 Å². The third kappa shape index (κ3) is 7.08. The van der Waals surface area contributed by atoms with Crippen LogP contribution in [0.25, 0.3) is 11.3 Å². The fraction of sp³-hybridized carbons (Fsp3) is 0.576. The van der Waals surface area contributed by atoms with Gasteiger partial charge in [0.2, 0.25) is 11.8 Å². The molecule has 0 spiro atoms. The van der Waals surface area contributed by atoms with Crippen molar-refractivity contribution in [2.24, 2.45) is 18.9 Å². The first-order chi connectivity index (χ1) is 21.6. The highest BCUT2D eigenvalue weighted by atomic mass is 16.7. The first-order valence-electron chi connectivity index (χ1n) is 15.8. The van der Waals surface area contributed by atoms with Gasteiger partial charge in [-0.05, 0) is 42.9 Å². The number of ether oxygens (including phenoxy) is 2. The Morgan fingerprint density at radius 3 is 2.36 bits per heavy atom. The lowest BCUT2D eigenvalue weighted by molar-refractivity contribution is -0.141. The molecule has 4 atom stereocenters. The van der Waals surface area contributed by atoms with E-state index in [0.717, 1.165) is 42.8 Å². The average molecular weight is 623 g/mol. The number of nitrogens with one attached hydrogen (secondary N) is 1. The van der Waals surface area contributed by atoms with Crippen LogP contribution in [0.3, 0.4) is 0 Å². The molecule has 0 saturated carbocycles. The molecule has 2 aliphatic rings. The van der Waals surface area contributed by atoms with Crippen molar-refractivity contribution in [3.8, 4) is 11.3 Å². The van der Waals surface area contributed by atoms with Gasteiger partial charge in [0.25, 0.3) is 0 Å². The maximum absolute atomic E-state index is 14.0. The van der Waals surface area contributed by atoms with Gasteiger partial charge in [-0.2, -0.15) is 5.10 Å². The lowest BCUT2D eigenvalue weighted by atomic mass is 9.91. The molecule has 12 heteroatoms. The Labute approximate surface area is 264 Å². The Bertz CT molecular complexity index is 1430. The standard InChI is InChI=1S/C33H46N6O6/c1-20(2)30(28-18-29(36-45-28)38-15-12-24(13-16-38)33(43-5)44-6)32(42)39-19-25(40)17-27(39)31(41)35-21(3)22-7-9-23(10-8-22)26-11-14-34-37(26)4/h7-11,14,18,20-21,24-25,27,30,33,40H,12-13,15-17,19H2,1-6H3,(H,35,41)/t21?,25-,27+,30?/m1/s1. The molecule has 244 valence electrons. The number of piperidine rings is 1. The molecule has 1 aromatic carbocycles. The summed E-state index contributed by atoms with van der Waals surface area (Å²) in [6.07, 6.45) is 2.68. The number of nitrogens with zero attached hydrogens (tertiary/aromatic N) is 5. The summed E-state index contributed by atoms with van der Waals surface area (Å²) in [5.41, 5.74) is 2.96. The summed E-state index contributed by atoms with van der Waals surface area (Å²) < 4.78 is 18.5. The van der Waals surface area contributed by atoms with E-state index in [1.54, 1.807) is 20.4 Å². The number of hydrogen-bond acceptors (Lipinski definition) is 9. The monoisotopic (exact) mass is 622 g/mol. The number of carbonyl (C=O) groups is 2. The van der Waals surface area contributed by atoms with Crippen molar-refractivity contribution in [1.29, 1.82) is 0 Å². The molecule has 2 fully saturated rings. The quantitative estimate of drug-likeness (QED) is 0.308. The Balaban J connectivity index is 1.25. The van der Waals surface area contributed by atoms with Crippen molar-refractivity contribution < 1.29 is 28.7 Å². The molecule has 3 aromatic rings. The van der Waals surface area contributed by atoms with Gasteiger partial charge in [0.1, 0.15) is 12.0 Å². The van der Waals surface area contributed by atoms with Crippen LogP contribution in [0.15, 0.2) is 47.1 Å². The van der Waals surface area contributed by atoms with Gasteiger partial charge in [0, 0.05) is 65.5 Å². The van der Waals surface area contributed by atoms with E-state index in [1.807, 2.05) is 68.9 Å². The van der Waals surface area contributed by atoms with Crippen LogP contribution < -0.4 is 10.2 Å². The van der Waals surface area contributed by atoms with Crippen LogP contribution in [0.5, 0.6) is 0 Å². The molecule has 4 heterocycles. The molecule has 2 saturated heterocycles. The fourth-order valence-electron chi connectivity index (χ4n) is 6.67. The van der Waals surface area contributed by atoms with Crippen molar-refractivity contribution in [2.45, 2.75) is 70.4 Å². The highest BCUT2D eigenvalue weighted by Gasteiger charge is 2.43. The van der Waals surface area contributed by atoms with Gasteiger partial charge in [0.05, 0.1) is 17.8 Å². The lowest BCUT2D eigenvalue weighted by Crippen LogP contribution is -2.48. The second-order valence-corrected chi connectivity index (χ2v) is 12.6. The largest absolute Gasteiger partial charge is 0.391 e. The van der Waals surface area contributed by atoms with E-state index in [4.69, 9.17) is 14.0 Å². The number of rotatable bonds is 11. The number of benzene rings is 1. The van der Waals surface area contributed by atoms with Crippen LogP contribution >= 0.6 is 0 Å². The van der Waals surface area contributed by atoms with Crippen molar-refractivity contribution in [2.75, 3.05) is 38.8 Å². The van der Waals surface area contributed by atoms with Gasteiger partial charge in [-0.25, -0.2) is 0 Å². The van der Waals surface area contributed by atoms with Crippen LogP contribution in [0.1, 0.15) is 63.3 Å². The molecule has 12 nitrogen and oxygen atoms in total. The van der Waals surface area contributed by atoms with Crippen molar-refractivity contribution in [3.63, 3.8) is 0 Å². The zero-order valence-corrected chi connectivity index (χ0v) is 27.1. The maximum Gasteiger partial charge on any atom is 0.243 e. The number of aliphatic hydroxyl groups excluding tert-OH is 1. The Morgan fingerprint density at radius 2 is 1.76 bits per heavy atom. The minimum absolute atomic E-state index is 0.0859. The second-order valence-electron chi connectivity index (χ2n) is 12.6. The predicted octanol–water partition coefficient (Wildman–Crippen LogP) is 3.49. The van der Waals surface area contributed by atoms with E-state index >= 15 is 0 Å². The number of aromatic nitrogens is 3. The first-order valence-corrected chi connectivity index (χ1v) is 15.8. The Morgan fingerprint density at radius 1 is 1.07 bits per heavy atom. The van der Waals surface area contributed by atoms with Crippen LogP contribution in [-0.4, -0.2) is 89.0 Å². The van der Waals surface area contributed by atoms with Gasteiger partial charge in [-0.15, -0.1) is 0 Å². The first kappa shape index (κ1) is 32.6. The van der Waals surface area contributed by atoms with Crippen LogP contribution in [0.2, 0.25) is 0 Å². The number of carbonyl (C=O) groups excluding carboxylic acids is 2. The number of aliphatic hydroxyl groups is 1. The number of methoxy groups -OCH3 is 2. The third-order valence-electron chi connectivity index (χ3n) is 9.22. The third-order valence-corrected chi connectivity index (χ3v) is 9.22. The van der Waals surface area contributed by atoms with Crippen LogP contribution in [-0.2, 0) is 26.1 Å². The van der Waals surface area contributed by atoms with Crippen molar-refractivity contribution >= 4 is 17.6 Å². The normalized spacial score (nSPS) is 20.6. The van der Waals surface area contributed by atoms with E-state index < -0.39 is 18.1 Å².